The lowest BCUT2D eigenvalue weighted by Gasteiger charge is -2.14. The summed E-state index contributed by atoms with van der Waals surface area (Å²) >= 11 is 0. The summed E-state index contributed by atoms with van der Waals surface area (Å²) in [5, 5.41) is 18.8. The topological polar surface area (TPSA) is 38.7 Å². The Labute approximate surface area is 359 Å². The monoisotopic (exact) mass is 791 g/mol. The number of hydrogen-bond acceptors (Lipinski definition) is 3. The lowest BCUT2D eigenvalue weighted by molar-refractivity contribution is 1.08. The minimum atomic E-state index is 0.632. The first-order chi connectivity index (χ1) is 30.5. The summed E-state index contributed by atoms with van der Waals surface area (Å²) < 4.78 is 0. The van der Waals surface area contributed by atoms with Crippen molar-refractivity contribution in [3.05, 3.63) is 211 Å². The van der Waals surface area contributed by atoms with Gasteiger partial charge in [-0.2, -0.15) is 0 Å². The van der Waals surface area contributed by atoms with Gasteiger partial charge in [-0.15, -0.1) is 0 Å². The summed E-state index contributed by atoms with van der Waals surface area (Å²) in [6, 6.07) is 59.1. The van der Waals surface area contributed by atoms with Crippen LogP contribution in [0.25, 0.3) is 122 Å². The van der Waals surface area contributed by atoms with Gasteiger partial charge in [-0.3, -0.25) is 0 Å². The van der Waals surface area contributed by atoms with Gasteiger partial charge in [-0.1, -0.05) is 188 Å². The van der Waals surface area contributed by atoms with Gasteiger partial charge in [0.25, 0.3) is 0 Å². The smallest absolute Gasteiger partial charge is 0.164 e. The predicted molar refractivity (Wildman–Crippen MR) is 266 cm³/mol. The Balaban J connectivity index is 1.17. The Kier molecular flexibility index (Phi) is 9.09. The van der Waals surface area contributed by atoms with Gasteiger partial charge in [-0.25, -0.2) is 15.0 Å². The van der Waals surface area contributed by atoms with Gasteiger partial charge < -0.3 is 0 Å². The van der Waals surface area contributed by atoms with Crippen LogP contribution in [0.3, 0.4) is 0 Å². The molecule has 0 saturated heterocycles. The molecule has 0 radical (unpaired) electrons. The average Bonchev–Trinajstić information content (AvgIpc) is 3.31. The zero-order chi connectivity index (χ0) is 41.7. The van der Waals surface area contributed by atoms with Crippen LogP contribution in [0.5, 0.6) is 0 Å². The molecule has 1 aromatic heterocycles. The van der Waals surface area contributed by atoms with Crippen molar-refractivity contribution in [2.75, 3.05) is 0 Å². The van der Waals surface area contributed by atoms with Crippen molar-refractivity contribution in [3.63, 3.8) is 0 Å². The van der Waals surface area contributed by atoms with E-state index in [0.29, 0.717) is 17.5 Å². The molecular weight excluding hydrogens is 751 g/mol. The molecule has 0 unspecified atom stereocenters. The van der Waals surface area contributed by atoms with Gasteiger partial charge in [0.15, 0.2) is 17.5 Å². The van der Waals surface area contributed by atoms with E-state index in [1.165, 1.54) is 59.1 Å². The molecule has 3 heteroatoms. The molecule has 0 aliphatic rings. The third-order valence-electron chi connectivity index (χ3n) is 12.3. The zero-order valence-electron chi connectivity index (χ0n) is 34.6. The third-order valence-corrected chi connectivity index (χ3v) is 12.3. The lowest BCUT2D eigenvalue weighted by atomic mass is 9.95. The second kappa shape index (κ2) is 15.2. The maximum absolute atomic E-state index is 5.40. The maximum atomic E-state index is 5.40. The van der Waals surface area contributed by atoms with Crippen molar-refractivity contribution in [1.82, 2.24) is 15.0 Å². The predicted octanol–water partition coefficient (Wildman–Crippen LogP) is 14.2. The average molecular weight is 792 g/mol. The Hall–Kier alpha value is -8.01. The fraction of sp³-hybridized carbons (Fsp3) is 0.0339. The first-order valence-electron chi connectivity index (χ1n) is 21.2. The molecule has 62 heavy (non-hydrogen) atoms. The number of nitrogens with zero attached hydrogens (tertiary/aromatic N) is 3. The van der Waals surface area contributed by atoms with Crippen LogP contribution in [-0.4, -0.2) is 15.0 Å². The van der Waals surface area contributed by atoms with Gasteiger partial charge in [0.2, 0.25) is 0 Å². The standard InChI is InChI=1S/C59H41N3/c1-4-6-7-15-37(3)32-42-26-29-49-46(45(42)5-2)20-12-23-52(49)57-60-58(53-24-13-21-47-50(53)30-27-43-33-38-16-8-10-18-40(38)35-55(43)47)62-59(61-57)54-25-14-22-48-51(54)31-28-44-34-39-17-9-11-19-41(39)36-56(44)48/h4-36H,1H2,2-3H3/b7-6-,37-15+,42-32-,45-5+. The van der Waals surface area contributed by atoms with Crippen molar-refractivity contribution >= 4 is 87.6 Å². The first kappa shape index (κ1) is 37.0. The van der Waals surface area contributed by atoms with Crippen LogP contribution < -0.4 is 10.4 Å². The van der Waals surface area contributed by atoms with E-state index < -0.39 is 0 Å². The molecule has 0 bridgehead atoms. The third kappa shape index (κ3) is 6.34. The summed E-state index contributed by atoms with van der Waals surface area (Å²) in [5.74, 6) is 1.90. The van der Waals surface area contributed by atoms with E-state index in [4.69, 9.17) is 15.0 Å². The number of aromatic nitrogens is 3. The van der Waals surface area contributed by atoms with E-state index in [1.807, 2.05) is 12.2 Å². The van der Waals surface area contributed by atoms with Crippen LogP contribution in [0.4, 0.5) is 0 Å². The summed E-state index contributed by atoms with van der Waals surface area (Å²) in [6.07, 6.45) is 12.3. The van der Waals surface area contributed by atoms with Crippen molar-refractivity contribution in [1.29, 1.82) is 0 Å². The minimum Gasteiger partial charge on any atom is -0.208 e. The van der Waals surface area contributed by atoms with E-state index in [9.17, 15) is 0 Å². The maximum Gasteiger partial charge on any atom is 0.164 e. The second-order valence-electron chi connectivity index (χ2n) is 16.0. The zero-order valence-corrected chi connectivity index (χ0v) is 34.6. The molecule has 0 aliphatic heterocycles. The largest absolute Gasteiger partial charge is 0.208 e. The van der Waals surface area contributed by atoms with Crippen LogP contribution in [0.15, 0.2) is 200 Å². The van der Waals surface area contributed by atoms with Gasteiger partial charge in [0, 0.05) is 16.7 Å². The molecule has 0 saturated carbocycles. The van der Waals surface area contributed by atoms with Crippen LogP contribution >= 0.6 is 0 Å². The molecule has 11 aromatic rings. The van der Waals surface area contributed by atoms with Crippen molar-refractivity contribution < 1.29 is 0 Å². The van der Waals surface area contributed by atoms with Gasteiger partial charge in [0.05, 0.1) is 0 Å². The molecule has 0 aliphatic carbocycles. The van der Waals surface area contributed by atoms with Crippen LogP contribution in [-0.2, 0) is 0 Å². The SMILES string of the molecule is C=C\C=C/C=C(C)/C=c1/ccc2c(-c3nc(-c4cccc5c4ccc4cc6ccccc6cc45)nc(-c4cccc5c4ccc4cc6ccccc6cc45)n3)cccc2/c1=C/C. The van der Waals surface area contributed by atoms with Crippen molar-refractivity contribution in [2.45, 2.75) is 13.8 Å². The van der Waals surface area contributed by atoms with Gasteiger partial charge in [-0.05, 0) is 124 Å². The highest BCUT2D eigenvalue weighted by Gasteiger charge is 2.19. The summed E-state index contributed by atoms with van der Waals surface area (Å²) in [5.41, 5.74) is 4.04. The molecule has 0 spiro atoms. The molecule has 1 heterocycles. The Morgan fingerprint density at radius 3 is 1.35 bits per heavy atom. The Bertz CT molecular complexity index is 3680. The summed E-state index contributed by atoms with van der Waals surface area (Å²) in [6.45, 7) is 8.03. The lowest BCUT2D eigenvalue weighted by Crippen LogP contribution is -2.25. The molecule has 10 aromatic carbocycles. The van der Waals surface area contributed by atoms with Crippen LogP contribution in [0, 0.1) is 0 Å². The highest BCUT2D eigenvalue weighted by Crippen LogP contribution is 2.38. The van der Waals surface area contributed by atoms with Crippen molar-refractivity contribution in [2.24, 2.45) is 0 Å². The molecular formula is C59H41N3. The van der Waals surface area contributed by atoms with Gasteiger partial charge >= 0.3 is 0 Å². The highest BCUT2D eigenvalue weighted by atomic mass is 15.0. The van der Waals surface area contributed by atoms with E-state index in [2.05, 4.69) is 202 Å². The van der Waals surface area contributed by atoms with E-state index in [1.54, 1.807) is 6.08 Å². The quantitative estimate of drug-likeness (QED) is 0.0956. The molecule has 0 amide bonds. The molecule has 0 N–H and O–H groups in total. The highest BCUT2D eigenvalue weighted by molar-refractivity contribution is 6.16. The molecule has 0 atom stereocenters. The number of fused-ring (bicyclic) bond motifs is 9. The summed E-state index contributed by atoms with van der Waals surface area (Å²) in [7, 11) is 0. The van der Waals surface area contributed by atoms with Crippen LogP contribution in [0.2, 0.25) is 0 Å². The number of rotatable bonds is 6. The van der Waals surface area contributed by atoms with E-state index in [0.717, 1.165) is 49.0 Å². The van der Waals surface area contributed by atoms with Gasteiger partial charge in [0.1, 0.15) is 0 Å². The first-order valence-corrected chi connectivity index (χ1v) is 21.2. The number of allylic oxidation sites excluding steroid dienone is 5. The molecule has 3 nitrogen and oxygen atoms in total. The number of hydrogen-bond donors (Lipinski definition) is 0. The van der Waals surface area contributed by atoms with Crippen LogP contribution in [0.1, 0.15) is 13.8 Å². The van der Waals surface area contributed by atoms with Crippen molar-refractivity contribution in [3.8, 4) is 34.2 Å². The van der Waals surface area contributed by atoms with E-state index in [-0.39, 0.29) is 0 Å². The second-order valence-corrected chi connectivity index (χ2v) is 16.0. The molecule has 292 valence electrons. The Morgan fingerprint density at radius 1 is 0.419 bits per heavy atom. The molecule has 0 fully saturated rings. The summed E-state index contributed by atoms with van der Waals surface area (Å²) in [4.78, 5) is 16.2. The minimum absolute atomic E-state index is 0.632. The van der Waals surface area contributed by atoms with E-state index >= 15 is 0 Å². The molecule has 11 rings (SSSR count). The fourth-order valence-electron chi connectivity index (χ4n) is 9.31. The normalized spacial score (nSPS) is 13.0. The Morgan fingerprint density at radius 2 is 0.871 bits per heavy atom. The fourth-order valence-corrected chi connectivity index (χ4v) is 9.31. The number of benzene rings is 10.